The molecular formula is C13H18N4. The van der Waals surface area contributed by atoms with Gasteiger partial charge in [0.1, 0.15) is 0 Å². The van der Waals surface area contributed by atoms with Crippen molar-refractivity contribution in [1.82, 2.24) is 9.55 Å². The van der Waals surface area contributed by atoms with Gasteiger partial charge in [-0.15, -0.1) is 0 Å². The number of nitrogen functional groups attached to an aromatic ring is 1. The van der Waals surface area contributed by atoms with E-state index in [2.05, 4.69) is 27.9 Å². The van der Waals surface area contributed by atoms with Gasteiger partial charge in [0.25, 0.3) is 0 Å². The van der Waals surface area contributed by atoms with Crippen LogP contribution in [0.1, 0.15) is 18.1 Å². The summed E-state index contributed by atoms with van der Waals surface area (Å²) < 4.78 is 2.07. The first-order valence-corrected chi connectivity index (χ1v) is 5.81. The van der Waals surface area contributed by atoms with Gasteiger partial charge in [0.15, 0.2) is 0 Å². The fraction of sp³-hybridized carbons (Fsp3) is 0.308. The minimum atomic E-state index is 0.744. The second kappa shape index (κ2) is 4.91. The molecule has 0 aliphatic rings. The number of nitrogens with two attached hydrogens (primary N) is 1. The van der Waals surface area contributed by atoms with Crippen LogP contribution in [0.5, 0.6) is 0 Å². The molecular weight excluding hydrogens is 212 g/mol. The first kappa shape index (κ1) is 11.5. The quantitative estimate of drug-likeness (QED) is 0.793. The van der Waals surface area contributed by atoms with E-state index in [9.17, 15) is 0 Å². The van der Waals surface area contributed by atoms with Gasteiger partial charge in [-0.1, -0.05) is 12.1 Å². The Morgan fingerprint density at radius 3 is 3.00 bits per heavy atom. The first-order chi connectivity index (χ1) is 8.22. The normalized spacial score (nSPS) is 10.5. The van der Waals surface area contributed by atoms with Crippen LogP contribution < -0.4 is 11.1 Å². The van der Waals surface area contributed by atoms with E-state index in [1.165, 1.54) is 5.56 Å². The summed E-state index contributed by atoms with van der Waals surface area (Å²) in [7, 11) is 0. The molecule has 1 heterocycles. The van der Waals surface area contributed by atoms with E-state index in [4.69, 9.17) is 5.73 Å². The summed E-state index contributed by atoms with van der Waals surface area (Å²) in [4.78, 5) is 4.27. The average molecular weight is 230 g/mol. The third kappa shape index (κ3) is 2.41. The monoisotopic (exact) mass is 230 g/mol. The van der Waals surface area contributed by atoms with Crippen molar-refractivity contribution in [1.29, 1.82) is 0 Å². The highest BCUT2D eigenvalue weighted by Gasteiger charge is 2.03. The summed E-state index contributed by atoms with van der Waals surface area (Å²) in [6.45, 7) is 5.80. The van der Waals surface area contributed by atoms with Crippen molar-refractivity contribution in [3.63, 3.8) is 0 Å². The molecule has 4 nitrogen and oxygen atoms in total. The van der Waals surface area contributed by atoms with Crippen LogP contribution in [0.4, 0.5) is 11.6 Å². The van der Waals surface area contributed by atoms with E-state index < -0.39 is 0 Å². The number of nitrogens with zero attached hydrogens (tertiary/aromatic N) is 2. The predicted octanol–water partition coefficient (Wildman–Crippen LogP) is 2.41. The summed E-state index contributed by atoms with van der Waals surface area (Å²) in [5.74, 6) is 0.898. The third-order valence-electron chi connectivity index (χ3n) is 2.98. The van der Waals surface area contributed by atoms with E-state index in [1.54, 1.807) is 6.20 Å². The van der Waals surface area contributed by atoms with Gasteiger partial charge >= 0.3 is 0 Å². The Bertz CT molecular complexity index is 502. The molecule has 0 aliphatic heterocycles. The average Bonchev–Trinajstić information content (AvgIpc) is 2.78. The molecule has 90 valence electrons. The number of nitrogens with one attached hydrogen (secondary N) is 1. The number of hydrogen-bond acceptors (Lipinski definition) is 3. The lowest BCUT2D eigenvalue weighted by Gasteiger charge is -2.11. The minimum absolute atomic E-state index is 0.744. The van der Waals surface area contributed by atoms with Crippen LogP contribution in [-0.4, -0.2) is 9.55 Å². The molecule has 4 heteroatoms. The zero-order chi connectivity index (χ0) is 12.3. The Morgan fingerprint density at radius 1 is 1.41 bits per heavy atom. The van der Waals surface area contributed by atoms with Gasteiger partial charge in [-0.2, -0.15) is 0 Å². The maximum absolute atomic E-state index is 5.88. The molecule has 0 aliphatic carbocycles. The zero-order valence-corrected chi connectivity index (χ0v) is 10.3. The van der Waals surface area contributed by atoms with Crippen LogP contribution in [0.2, 0.25) is 0 Å². The van der Waals surface area contributed by atoms with Crippen molar-refractivity contribution in [3.8, 4) is 0 Å². The zero-order valence-electron chi connectivity index (χ0n) is 10.3. The second-order valence-electron chi connectivity index (χ2n) is 4.02. The van der Waals surface area contributed by atoms with E-state index in [1.807, 2.05) is 25.3 Å². The molecule has 0 saturated heterocycles. The van der Waals surface area contributed by atoms with Crippen LogP contribution in [-0.2, 0) is 13.1 Å². The predicted molar refractivity (Wildman–Crippen MR) is 70.8 cm³/mol. The first-order valence-electron chi connectivity index (χ1n) is 5.81. The summed E-state index contributed by atoms with van der Waals surface area (Å²) in [5.41, 5.74) is 9.05. The van der Waals surface area contributed by atoms with E-state index in [0.29, 0.717) is 0 Å². The summed E-state index contributed by atoms with van der Waals surface area (Å²) in [6.07, 6.45) is 3.77. The smallest absolute Gasteiger partial charge is 0.203 e. The Labute approximate surface area is 101 Å². The Hall–Kier alpha value is -1.97. The number of benzene rings is 1. The standard InChI is InChI=1S/C13H18N4/c1-3-17-8-7-15-13(17)16-9-11-5-4-6-12(14)10(11)2/h4-8H,3,9,14H2,1-2H3,(H,15,16). The van der Waals surface area contributed by atoms with Crippen LogP contribution in [0.25, 0.3) is 0 Å². The Kier molecular flexibility index (Phi) is 3.32. The molecule has 0 saturated carbocycles. The molecule has 3 N–H and O–H groups in total. The topological polar surface area (TPSA) is 55.9 Å². The molecule has 17 heavy (non-hydrogen) atoms. The SMILES string of the molecule is CCn1ccnc1NCc1cccc(N)c1C. The van der Waals surface area contributed by atoms with Crippen LogP contribution in [0.3, 0.4) is 0 Å². The lowest BCUT2D eigenvalue weighted by atomic mass is 10.1. The molecule has 0 spiro atoms. The Morgan fingerprint density at radius 2 is 2.24 bits per heavy atom. The number of anilines is 2. The number of aryl methyl sites for hydroxylation is 1. The molecule has 0 atom stereocenters. The lowest BCUT2D eigenvalue weighted by Crippen LogP contribution is -2.08. The van der Waals surface area contributed by atoms with Crippen molar-refractivity contribution in [2.45, 2.75) is 26.9 Å². The fourth-order valence-corrected chi connectivity index (χ4v) is 1.80. The molecule has 1 aromatic heterocycles. The van der Waals surface area contributed by atoms with Gasteiger partial charge in [0.05, 0.1) is 0 Å². The Balaban J connectivity index is 2.10. The van der Waals surface area contributed by atoms with Gasteiger partial charge in [-0.25, -0.2) is 4.98 Å². The van der Waals surface area contributed by atoms with Crippen molar-refractivity contribution in [3.05, 3.63) is 41.7 Å². The molecule has 0 fully saturated rings. The van der Waals surface area contributed by atoms with Crippen molar-refractivity contribution in [2.75, 3.05) is 11.1 Å². The maximum Gasteiger partial charge on any atom is 0.203 e. The van der Waals surface area contributed by atoms with E-state index in [0.717, 1.165) is 30.3 Å². The van der Waals surface area contributed by atoms with Crippen LogP contribution >= 0.6 is 0 Å². The lowest BCUT2D eigenvalue weighted by molar-refractivity contribution is 0.763. The van der Waals surface area contributed by atoms with E-state index >= 15 is 0 Å². The summed E-state index contributed by atoms with van der Waals surface area (Å²) in [6, 6.07) is 5.98. The number of aromatic nitrogens is 2. The van der Waals surface area contributed by atoms with Crippen LogP contribution in [0.15, 0.2) is 30.6 Å². The molecule has 2 rings (SSSR count). The van der Waals surface area contributed by atoms with E-state index in [-0.39, 0.29) is 0 Å². The molecule has 0 amide bonds. The number of hydrogen-bond donors (Lipinski definition) is 2. The van der Waals surface area contributed by atoms with Crippen LogP contribution in [0, 0.1) is 6.92 Å². The maximum atomic E-state index is 5.88. The second-order valence-corrected chi connectivity index (χ2v) is 4.02. The fourth-order valence-electron chi connectivity index (χ4n) is 1.80. The highest BCUT2D eigenvalue weighted by molar-refractivity contribution is 5.50. The third-order valence-corrected chi connectivity index (χ3v) is 2.98. The number of rotatable bonds is 4. The molecule has 0 unspecified atom stereocenters. The van der Waals surface area contributed by atoms with Gasteiger partial charge in [0, 0.05) is 31.2 Å². The highest BCUT2D eigenvalue weighted by atomic mass is 15.2. The summed E-state index contributed by atoms with van der Waals surface area (Å²) in [5, 5.41) is 3.32. The van der Waals surface area contributed by atoms with Crippen molar-refractivity contribution < 1.29 is 0 Å². The van der Waals surface area contributed by atoms with Gasteiger partial charge in [-0.3, -0.25) is 0 Å². The van der Waals surface area contributed by atoms with Gasteiger partial charge < -0.3 is 15.6 Å². The van der Waals surface area contributed by atoms with Crippen molar-refractivity contribution >= 4 is 11.6 Å². The van der Waals surface area contributed by atoms with Crippen molar-refractivity contribution in [2.24, 2.45) is 0 Å². The van der Waals surface area contributed by atoms with Gasteiger partial charge in [0.2, 0.25) is 5.95 Å². The molecule has 2 aromatic rings. The molecule has 1 aromatic carbocycles. The van der Waals surface area contributed by atoms with Gasteiger partial charge in [-0.05, 0) is 31.0 Å². The molecule has 0 radical (unpaired) electrons. The largest absolute Gasteiger partial charge is 0.399 e. The molecule has 0 bridgehead atoms. The number of imidazole rings is 1. The summed E-state index contributed by atoms with van der Waals surface area (Å²) >= 11 is 0. The minimum Gasteiger partial charge on any atom is -0.399 e. The highest BCUT2D eigenvalue weighted by Crippen LogP contribution is 2.16.